The van der Waals surface area contributed by atoms with Crippen LogP contribution < -0.4 is 5.56 Å². The Morgan fingerprint density at radius 2 is 2.13 bits per heavy atom. The van der Waals surface area contributed by atoms with Gasteiger partial charge in [-0.3, -0.25) is 14.2 Å². The average molecular weight is 331 g/mol. The van der Waals surface area contributed by atoms with Crippen LogP contribution in [0.5, 0.6) is 0 Å². The highest BCUT2D eigenvalue weighted by Gasteiger charge is 2.25. The van der Waals surface area contributed by atoms with Crippen LogP contribution in [0.15, 0.2) is 29.1 Å². The summed E-state index contributed by atoms with van der Waals surface area (Å²) >= 11 is 5.28. The second-order valence-electron chi connectivity index (χ2n) is 6.01. The number of nitrogens with zero attached hydrogens (tertiary/aromatic N) is 2. The van der Waals surface area contributed by atoms with Crippen molar-refractivity contribution in [3.05, 3.63) is 39.4 Å². The quantitative estimate of drug-likeness (QED) is 0.880. The molecule has 1 aliphatic rings. The number of aromatic amines is 1. The number of hydrogen-bond donors (Lipinski definition) is 1. The summed E-state index contributed by atoms with van der Waals surface area (Å²) in [6.45, 7) is 2.89. The van der Waals surface area contributed by atoms with Crippen molar-refractivity contribution in [2.24, 2.45) is 0 Å². The summed E-state index contributed by atoms with van der Waals surface area (Å²) in [5.74, 6) is -0.0200. The molecule has 2 heterocycles. The first-order valence-corrected chi connectivity index (χ1v) is 8.54. The first kappa shape index (κ1) is 15.9. The third kappa shape index (κ3) is 3.08. The predicted molar refractivity (Wildman–Crippen MR) is 93.0 cm³/mol. The topological polar surface area (TPSA) is 58.1 Å². The average Bonchev–Trinajstić information content (AvgIpc) is 2.58. The Balaban J connectivity index is 1.93. The van der Waals surface area contributed by atoms with Crippen molar-refractivity contribution in [3.8, 4) is 0 Å². The molecule has 0 radical (unpaired) electrons. The molecule has 1 amide bonds. The van der Waals surface area contributed by atoms with Crippen molar-refractivity contribution in [1.82, 2.24) is 14.5 Å². The second kappa shape index (κ2) is 6.66. The number of carbonyl (C=O) groups excluding carboxylic acids is 1. The Morgan fingerprint density at radius 1 is 1.35 bits per heavy atom. The van der Waals surface area contributed by atoms with E-state index in [-0.39, 0.29) is 24.1 Å². The minimum absolute atomic E-state index is 0.00943. The number of hydrogen-bond acceptors (Lipinski definition) is 3. The van der Waals surface area contributed by atoms with E-state index in [0.717, 1.165) is 32.2 Å². The van der Waals surface area contributed by atoms with Gasteiger partial charge in [-0.15, -0.1) is 0 Å². The monoisotopic (exact) mass is 331 g/mol. The van der Waals surface area contributed by atoms with Gasteiger partial charge in [0.1, 0.15) is 6.54 Å². The standard InChI is InChI=1S/C17H21N3O2S/c1-2-12-7-5-6-10-19(12)15(21)11-20-16(22)13-8-3-4-9-14(13)18-17(20)23/h3-4,8-9,12H,2,5-7,10-11H2,1H3,(H,18,23). The van der Waals surface area contributed by atoms with E-state index < -0.39 is 0 Å². The van der Waals surface area contributed by atoms with Gasteiger partial charge in [0.2, 0.25) is 5.91 Å². The summed E-state index contributed by atoms with van der Waals surface area (Å²) < 4.78 is 1.67. The molecule has 23 heavy (non-hydrogen) atoms. The fourth-order valence-corrected chi connectivity index (χ4v) is 3.58. The number of benzene rings is 1. The Labute approximate surface area is 139 Å². The minimum atomic E-state index is -0.206. The molecule has 1 fully saturated rings. The maximum Gasteiger partial charge on any atom is 0.262 e. The Morgan fingerprint density at radius 3 is 2.91 bits per heavy atom. The van der Waals surface area contributed by atoms with Crippen LogP contribution >= 0.6 is 12.2 Å². The smallest absolute Gasteiger partial charge is 0.262 e. The molecule has 1 aromatic heterocycles. The lowest BCUT2D eigenvalue weighted by atomic mass is 10.00. The van der Waals surface area contributed by atoms with Gasteiger partial charge < -0.3 is 9.88 Å². The number of H-pyrrole nitrogens is 1. The summed E-state index contributed by atoms with van der Waals surface area (Å²) in [7, 11) is 0. The van der Waals surface area contributed by atoms with E-state index in [1.807, 2.05) is 23.1 Å². The summed E-state index contributed by atoms with van der Waals surface area (Å²) in [5, 5.41) is 0.555. The molecule has 6 heteroatoms. The van der Waals surface area contributed by atoms with E-state index in [1.165, 1.54) is 4.57 Å². The highest BCUT2D eigenvalue weighted by molar-refractivity contribution is 7.71. The maximum absolute atomic E-state index is 12.7. The van der Waals surface area contributed by atoms with Gasteiger partial charge in [-0.05, 0) is 50.0 Å². The molecular weight excluding hydrogens is 310 g/mol. The number of carbonyl (C=O) groups is 1. The Hall–Kier alpha value is -1.95. The van der Waals surface area contributed by atoms with Gasteiger partial charge in [-0.2, -0.15) is 0 Å². The zero-order chi connectivity index (χ0) is 16.4. The van der Waals surface area contributed by atoms with Gasteiger partial charge in [0.15, 0.2) is 4.77 Å². The number of aromatic nitrogens is 2. The van der Waals surface area contributed by atoms with E-state index in [0.29, 0.717) is 15.7 Å². The molecule has 0 saturated carbocycles. The molecule has 5 nitrogen and oxygen atoms in total. The number of piperidine rings is 1. The van der Waals surface area contributed by atoms with Gasteiger partial charge in [0.25, 0.3) is 5.56 Å². The SMILES string of the molecule is CCC1CCCCN1C(=O)Cn1c(=S)[nH]c2ccccc2c1=O. The van der Waals surface area contributed by atoms with Crippen molar-refractivity contribution in [2.75, 3.05) is 6.54 Å². The van der Waals surface area contributed by atoms with Crippen molar-refractivity contribution < 1.29 is 4.79 Å². The molecule has 0 aliphatic carbocycles. The number of rotatable bonds is 3. The van der Waals surface area contributed by atoms with Crippen LogP contribution in [0, 0.1) is 4.77 Å². The molecule has 1 saturated heterocycles. The second-order valence-corrected chi connectivity index (χ2v) is 6.40. The Kier molecular flexibility index (Phi) is 4.61. The number of amides is 1. The van der Waals surface area contributed by atoms with Crippen LogP contribution in [0.1, 0.15) is 32.6 Å². The predicted octanol–water partition coefficient (Wildman–Crippen LogP) is 2.85. The highest BCUT2D eigenvalue weighted by atomic mass is 32.1. The van der Waals surface area contributed by atoms with E-state index in [9.17, 15) is 9.59 Å². The molecule has 2 aromatic rings. The zero-order valence-corrected chi connectivity index (χ0v) is 14.1. The molecule has 1 atom stereocenters. The number of para-hydroxylation sites is 1. The van der Waals surface area contributed by atoms with Gasteiger partial charge in [0, 0.05) is 12.6 Å². The minimum Gasteiger partial charge on any atom is -0.338 e. The van der Waals surface area contributed by atoms with Crippen LogP contribution in [0.2, 0.25) is 0 Å². The lowest BCUT2D eigenvalue weighted by molar-refractivity contribution is -0.135. The maximum atomic E-state index is 12.7. The zero-order valence-electron chi connectivity index (χ0n) is 13.2. The van der Waals surface area contributed by atoms with Crippen molar-refractivity contribution in [2.45, 2.75) is 45.2 Å². The van der Waals surface area contributed by atoms with Gasteiger partial charge >= 0.3 is 0 Å². The lowest BCUT2D eigenvalue weighted by Gasteiger charge is -2.35. The molecule has 0 spiro atoms. The summed E-state index contributed by atoms with van der Waals surface area (Å²) in [4.78, 5) is 30.3. The first-order valence-electron chi connectivity index (χ1n) is 8.13. The Bertz CT molecular complexity index is 840. The van der Waals surface area contributed by atoms with E-state index in [4.69, 9.17) is 12.2 Å². The van der Waals surface area contributed by atoms with Crippen LogP contribution in [0.3, 0.4) is 0 Å². The molecule has 3 rings (SSSR count). The molecular formula is C17H21N3O2S. The summed E-state index contributed by atoms with van der Waals surface area (Å²) in [6.07, 6.45) is 4.19. The lowest BCUT2D eigenvalue weighted by Crippen LogP contribution is -2.45. The summed E-state index contributed by atoms with van der Waals surface area (Å²) in [5.41, 5.74) is 0.498. The molecule has 1 N–H and O–H groups in total. The molecule has 0 bridgehead atoms. The van der Waals surface area contributed by atoms with E-state index >= 15 is 0 Å². The van der Waals surface area contributed by atoms with Crippen LogP contribution in [-0.2, 0) is 11.3 Å². The summed E-state index contributed by atoms with van der Waals surface area (Å²) in [6, 6.07) is 7.51. The normalized spacial score (nSPS) is 18.3. The largest absolute Gasteiger partial charge is 0.338 e. The van der Waals surface area contributed by atoms with Crippen LogP contribution in [0.25, 0.3) is 10.9 Å². The van der Waals surface area contributed by atoms with E-state index in [2.05, 4.69) is 11.9 Å². The van der Waals surface area contributed by atoms with E-state index in [1.54, 1.807) is 6.07 Å². The third-order valence-electron chi connectivity index (χ3n) is 4.60. The fraction of sp³-hybridized carbons (Fsp3) is 0.471. The highest BCUT2D eigenvalue weighted by Crippen LogP contribution is 2.19. The number of fused-ring (bicyclic) bond motifs is 1. The van der Waals surface area contributed by atoms with Gasteiger partial charge in [-0.1, -0.05) is 19.1 Å². The van der Waals surface area contributed by atoms with Gasteiger partial charge in [-0.25, -0.2) is 0 Å². The van der Waals surface area contributed by atoms with Crippen molar-refractivity contribution >= 4 is 29.0 Å². The fourth-order valence-electron chi connectivity index (χ4n) is 3.32. The van der Waals surface area contributed by atoms with Crippen LogP contribution in [0.4, 0.5) is 0 Å². The number of likely N-dealkylation sites (tertiary alicyclic amines) is 1. The van der Waals surface area contributed by atoms with Gasteiger partial charge in [0.05, 0.1) is 10.9 Å². The number of nitrogens with one attached hydrogen (secondary N) is 1. The molecule has 122 valence electrons. The first-order chi connectivity index (χ1) is 11.1. The van der Waals surface area contributed by atoms with Crippen molar-refractivity contribution in [3.63, 3.8) is 0 Å². The third-order valence-corrected chi connectivity index (χ3v) is 4.92. The molecule has 1 unspecified atom stereocenters. The molecule has 1 aliphatic heterocycles. The van der Waals surface area contributed by atoms with Crippen molar-refractivity contribution in [1.29, 1.82) is 0 Å². The molecule has 1 aromatic carbocycles. The van der Waals surface area contributed by atoms with Crippen LogP contribution in [-0.4, -0.2) is 32.9 Å².